The summed E-state index contributed by atoms with van der Waals surface area (Å²) in [5.41, 5.74) is 0.569. The standard InChI is InChI=1S/C19H18ClN3O6S/c1-19(2)14(18(27)28)23-16(26)13(17(23)30-19)21-15(25)11-10(7-24)29-22-12(11)8-5-3-4-6-9(8)20/h3-6,13-14,17,24H,7H2,1-2H3,(H,21,25)(H,27,28)/t13-,14+,17-/m1/s1. The summed E-state index contributed by atoms with van der Waals surface area (Å²) in [7, 11) is 0. The van der Waals surface area contributed by atoms with Crippen LogP contribution in [0.15, 0.2) is 28.8 Å². The second kappa shape index (κ2) is 7.29. The average molecular weight is 452 g/mol. The molecule has 2 aliphatic heterocycles. The summed E-state index contributed by atoms with van der Waals surface area (Å²) in [6, 6.07) is 4.84. The van der Waals surface area contributed by atoms with Crippen molar-refractivity contribution in [2.24, 2.45) is 0 Å². The number of carbonyl (C=O) groups excluding carboxylic acids is 2. The number of halogens is 1. The Bertz CT molecular complexity index is 1050. The van der Waals surface area contributed by atoms with E-state index in [1.165, 1.54) is 16.7 Å². The number of thioether (sulfide) groups is 1. The van der Waals surface area contributed by atoms with Gasteiger partial charge >= 0.3 is 5.97 Å². The van der Waals surface area contributed by atoms with Crippen molar-refractivity contribution < 1.29 is 29.1 Å². The Hall–Kier alpha value is -2.56. The molecule has 0 saturated carbocycles. The number of carboxylic acid groups (broad SMARTS) is 1. The number of benzene rings is 1. The maximum absolute atomic E-state index is 13.0. The first-order valence-corrected chi connectivity index (χ1v) is 10.3. The number of nitrogens with one attached hydrogen (secondary N) is 1. The van der Waals surface area contributed by atoms with Crippen LogP contribution in [0.5, 0.6) is 0 Å². The highest BCUT2D eigenvalue weighted by atomic mass is 35.5. The number of aromatic nitrogens is 1. The zero-order valence-electron chi connectivity index (χ0n) is 16.0. The van der Waals surface area contributed by atoms with E-state index in [-0.39, 0.29) is 17.0 Å². The Labute approximate surface area is 180 Å². The first-order valence-electron chi connectivity index (χ1n) is 9.05. The Balaban J connectivity index is 1.62. The number of aliphatic hydroxyl groups is 1. The molecule has 1 aromatic heterocycles. The van der Waals surface area contributed by atoms with Crippen LogP contribution >= 0.6 is 23.4 Å². The topological polar surface area (TPSA) is 133 Å². The predicted molar refractivity (Wildman–Crippen MR) is 108 cm³/mol. The molecule has 3 N–H and O–H groups in total. The van der Waals surface area contributed by atoms with Gasteiger partial charge in [-0.05, 0) is 19.9 Å². The van der Waals surface area contributed by atoms with E-state index in [0.29, 0.717) is 10.6 Å². The third kappa shape index (κ3) is 3.06. The molecule has 3 atom stereocenters. The van der Waals surface area contributed by atoms with E-state index in [9.17, 15) is 24.6 Å². The Morgan fingerprint density at radius 2 is 2.07 bits per heavy atom. The van der Waals surface area contributed by atoms with Crippen LogP contribution in [0.4, 0.5) is 0 Å². The molecule has 0 aliphatic carbocycles. The minimum Gasteiger partial charge on any atom is -0.480 e. The van der Waals surface area contributed by atoms with Gasteiger partial charge in [0, 0.05) is 10.3 Å². The monoisotopic (exact) mass is 451 g/mol. The van der Waals surface area contributed by atoms with E-state index >= 15 is 0 Å². The van der Waals surface area contributed by atoms with Crippen LogP contribution in [0, 0.1) is 0 Å². The zero-order chi connectivity index (χ0) is 21.8. The van der Waals surface area contributed by atoms with Gasteiger partial charge in [-0.2, -0.15) is 0 Å². The number of fused-ring (bicyclic) bond motifs is 1. The lowest BCUT2D eigenvalue weighted by molar-refractivity contribution is -0.159. The molecule has 2 aliphatic rings. The van der Waals surface area contributed by atoms with Gasteiger partial charge < -0.3 is 25.0 Å². The molecule has 0 spiro atoms. The number of aliphatic carboxylic acids is 1. The van der Waals surface area contributed by atoms with Crippen LogP contribution < -0.4 is 5.32 Å². The number of aliphatic hydroxyl groups excluding tert-OH is 1. The molecule has 0 radical (unpaired) electrons. The number of β-lactam (4-membered cyclic amide) rings is 1. The van der Waals surface area contributed by atoms with E-state index < -0.39 is 46.6 Å². The van der Waals surface area contributed by atoms with E-state index in [1.807, 2.05) is 0 Å². The zero-order valence-corrected chi connectivity index (χ0v) is 17.5. The predicted octanol–water partition coefficient (Wildman–Crippen LogP) is 1.73. The van der Waals surface area contributed by atoms with E-state index in [1.54, 1.807) is 38.1 Å². The smallest absolute Gasteiger partial charge is 0.327 e. The van der Waals surface area contributed by atoms with Crippen molar-refractivity contribution in [3.63, 3.8) is 0 Å². The van der Waals surface area contributed by atoms with Crippen LogP contribution in [0.3, 0.4) is 0 Å². The number of rotatable bonds is 5. The normalized spacial score (nSPS) is 24.3. The lowest BCUT2D eigenvalue weighted by atomic mass is 9.95. The van der Waals surface area contributed by atoms with Gasteiger partial charge in [-0.25, -0.2) is 4.79 Å². The molecule has 2 saturated heterocycles. The van der Waals surface area contributed by atoms with Crippen LogP contribution in [0.1, 0.15) is 30.0 Å². The number of carbonyl (C=O) groups is 3. The van der Waals surface area contributed by atoms with E-state index in [4.69, 9.17) is 16.1 Å². The Kier molecular flexibility index (Phi) is 5.03. The van der Waals surface area contributed by atoms with Crippen molar-refractivity contribution in [2.45, 2.75) is 42.7 Å². The Morgan fingerprint density at radius 1 is 1.37 bits per heavy atom. The number of hydrogen-bond acceptors (Lipinski definition) is 7. The minimum absolute atomic E-state index is 0.0195. The second-order valence-electron chi connectivity index (χ2n) is 7.52. The SMILES string of the molecule is CC1(C)S[C@@H]2[C@H](NC(=O)c3c(-c4ccccc4Cl)noc3CO)C(=O)N2[C@H]1C(=O)O. The van der Waals surface area contributed by atoms with Gasteiger partial charge in [-0.15, -0.1) is 11.8 Å². The van der Waals surface area contributed by atoms with Gasteiger partial charge in [-0.1, -0.05) is 35.0 Å². The fourth-order valence-electron chi connectivity index (χ4n) is 3.86. The molecule has 3 heterocycles. The van der Waals surface area contributed by atoms with Gasteiger partial charge in [-0.3, -0.25) is 9.59 Å². The van der Waals surface area contributed by atoms with Crippen molar-refractivity contribution in [3.8, 4) is 11.3 Å². The van der Waals surface area contributed by atoms with Crippen molar-refractivity contribution in [3.05, 3.63) is 40.6 Å². The van der Waals surface area contributed by atoms with E-state index in [2.05, 4.69) is 10.5 Å². The third-order valence-electron chi connectivity index (χ3n) is 5.22. The van der Waals surface area contributed by atoms with Crippen molar-refractivity contribution in [2.75, 3.05) is 0 Å². The average Bonchev–Trinajstić information content (AvgIpc) is 3.22. The Morgan fingerprint density at radius 3 is 2.70 bits per heavy atom. The summed E-state index contributed by atoms with van der Waals surface area (Å²) in [5.74, 6) is -2.28. The van der Waals surface area contributed by atoms with Crippen molar-refractivity contribution in [1.29, 1.82) is 0 Å². The molecule has 11 heteroatoms. The largest absolute Gasteiger partial charge is 0.480 e. The van der Waals surface area contributed by atoms with Crippen molar-refractivity contribution >= 4 is 41.1 Å². The van der Waals surface area contributed by atoms with Gasteiger partial charge in [0.15, 0.2) is 5.76 Å². The summed E-state index contributed by atoms with van der Waals surface area (Å²) in [6.07, 6.45) is 0. The molecule has 9 nitrogen and oxygen atoms in total. The first-order chi connectivity index (χ1) is 14.2. The molecule has 1 aromatic carbocycles. The van der Waals surface area contributed by atoms with Gasteiger partial charge in [0.1, 0.15) is 35.3 Å². The molecule has 2 fully saturated rings. The first kappa shape index (κ1) is 20.7. The molecule has 158 valence electrons. The molecule has 30 heavy (non-hydrogen) atoms. The van der Waals surface area contributed by atoms with Crippen LogP contribution in [-0.2, 0) is 16.2 Å². The molecule has 4 rings (SSSR count). The second-order valence-corrected chi connectivity index (χ2v) is 9.69. The quantitative estimate of drug-likeness (QED) is 0.585. The lowest BCUT2D eigenvalue weighted by Gasteiger charge is -2.43. The van der Waals surface area contributed by atoms with Crippen LogP contribution in [-0.4, -0.2) is 60.3 Å². The highest BCUT2D eigenvalue weighted by molar-refractivity contribution is 8.01. The summed E-state index contributed by atoms with van der Waals surface area (Å²) in [6.45, 7) is 2.93. The minimum atomic E-state index is -1.09. The molecular formula is C19H18ClN3O6S. The van der Waals surface area contributed by atoms with Crippen LogP contribution in [0.25, 0.3) is 11.3 Å². The van der Waals surface area contributed by atoms with Gasteiger partial charge in [0.2, 0.25) is 5.91 Å². The van der Waals surface area contributed by atoms with E-state index in [0.717, 1.165) is 0 Å². The summed E-state index contributed by atoms with van der Waals surface area (Å²) in [5, 5.41) is 25.4. The number of amides is 2. The number of hydrogen-bond donors (Lipinski definition) is 3. The van der Waals surface area contributed by atoms with Gasteiger partial charge in [0.25, 0.3) is 5.91 Å². The fraction of sp³-hybridized carbons (Fsp3) is 0.368. The number of nitrogens with zero attached hydrogens (tertiary/aromatic N) is 2. The van der Waals surface area contributed by atoms with Gasteiger partial charge in [0.05, 0.1) is 5.02 Å². The molecular weight excluding hydrogens is 434 g/mol. The summed E-state index contributed by atoms with van der Waals surface area (Å²) in [4.78, 5) is 38.6. The van der Waals surface area contributed by atoms with Crippen LogP contribution in [0.2, 0.25) is 5.02 Å². The molecule has 2 amide bonds. The maximum Gasteiger partial charge on any atom is 0.327 e. The highest BCUT2D eigenvalue weighted by Gasteiger charge is 2.64. The summed E-state index contributed by atoms with van der Waals surface area (Å²) >= 11 is 7.53. The maximum atomic E-state index is 13.0. The molecule has 0 unspecified atom stereocenters. The summed E-state index contributed by atoms with van der Waals surface area (Å²) < 4.78 is 4.40. The molecule has 0 bridgehead atoms. The number of carboxylic acids is 1. The third-order valence-corrected chi connectivity index (χ3v) is 7.13. The van der Waals surface area contributed by atoms with Crippen molar-refractivity contribution in [1.82, 2.24) is 15.4 Å². The molecule has 2 aromatic rings. The highest BCUT2D eigenvalue weighted by Crippen LogP contribution is 2.50. The lowest BCUT2D eigenvalue weighted by Crippen LogP contribution is -2.70. The fourth-order valence-corrected chi connectivity index (χ4v) is 5.71.